The Balaban J connectivity index is 2.24. The van der Waals surface area contributed by atoms with Crippen molar-refractivity contribution in [2.24, 2.45) is 0 Å². The van der Waals surface area contributed by atoms with Crippen LogP contribution in [0.15, 0.2) is 23.1 Å². The van der Waals surface area contributed by atoms with Crippen molar-refractivity contribution >= 4 is 10.0 Å². The van der Waals surface area contributed by atoms with Gasteiger partial charge >= 0.3 is 0 Å². The van der Waals surface area contributed by atoms with Gasteiger partial charge in [-0.05, 0) is 50.4 Å². The summed E-state index contributed by atoms with van der Waals surface area (Å²) < 4.78 is 33.0. The Bertz CT molecular complexity index is 595. The number of ether oxygens (including phenoxy) is 1. The van der Waals surface area contributed by atoms with Crippen LogP contribution in [0.1, 0.15) is 38.7 Å². The lowest BCUT2D eigenvalue weighted by atomic mass is 10.2. The Morgan fingerprint density at radius 2 is 2.05 bits per heavy atom. The van der Waals surface area contributed by atoms with E-state index in [0.717, 1.165) is 31.4 Å². The highest BCUT2D eigenvalue weighted by Crippen LogP contribution is 2.37. The van der Waals surface area contributed by atoms with Crippen molar-refractivity contribution in [1.29, 1.82) is 0 Å². The van der Waals surface area contributed by atoms with E-state index in [9.17, 15) is 8.42 Å². The summed E-state index contributed by atoms with van der Waals surface area (Å²) in [6.45, 7) is 5.57. The highest BCUT2D eigenvalue weighted by Gasteiger charge is 2.41. The molecule has 21 heavy (non-hydrogen) atoms. The van der Waals surface area contributed by atoms with Gasteiger partial charge in [0.1, 0.15) is 10.6 Å². The predicted octanol–water partition coefficient (Wildman–Crippen LogP) is 2.03. The van der Waals surface area contributed by atoms with Gasteiger partial charge in [0.15, 0.2) is 0 Å². The van der Waals surface area contributed by atoms with Gasteiger partial charge in [0.25, 0.3) is 0 Å². The summed E-state index contributed by atoms with van der Waals surface area (Å²) in [7, 11) is -2.07. The van der Waals surface area contributed by atoms with E-state index in [-0.39, 0.29) is 10.4 Å². The van der Waals surface area contributed by atoms with Gasteiger partial charge in [0, 0.05) is 12.1 Å². The van der Waals surface area contributed by atoms with E-state index in [1.807, 2.05) is 13.0 Å². The van der Waals surface area contributed by atoms with Crippen LogP contribution in [0.2, 0.25) is 0 Å². The number of nitrogens with one attached hydrogen (secondary N) is 2. The van der Waals surface area contributed by atoms with Crippen molar-refractivity contribution < 1.29 is 13.2 Å². The molecule has 0 spiro atoms. The highest BCUT2D eigenvalue weighted by atomic mass is 32.2. The zero-order valence-electron chi connectivity index (χ0n) is 12.9. The molecule has 2 rings (SSSR count). The molecule has 0 unspecified atom stereocenters. The molecule has 1 aromatic carbocycles. The van der Waals surface area contributed by atoms with Crippen LogP contribution in [0.4, 0.5) is 0 Å². The lowest BCUT2D eigenvalue weighted by Gasteiger charge is -2.16. The third kappa shape index (κ3) is 4.18. The highest BCUT2D eigenvalue weighted by molar-refractivity contribution is 7.89. The normalized spacial score (nSPS) is 16.7. The van der Waals surface area contributed by atoms with E-state index >= 15 is 0 Å². The zero-order valence-corrected chi connectivity index (χ0v) is 13.7. The first kappa shape index (κ1) is 16.3. The Morgan fingerprint density at radius 3 is 2.62 bits per heavy atom. The molecule has 0 saturated heterocycles. The van der Waals surface area contributed by atoms with Crippen molar-refractivity contribution in [2.75, 3.05) is 13.7 Å². The minimum Gasteiger partial charge on any atom is -0.495 e. The van der Waals surface area contributed by atoms with Crippen LogP contribution in [-0.2, 0) is 16.6 Å². The molecule has 5 nitrogen and oxygen atoms in total. The quantitative estimate of drug-likeness (QED) is 0.721. The molecule has 1 aromatic rings. The van der Waals surface area contributed by atoms with Crippen LogP contribution >= 0.6 is 0 Å². The van der Waals surface area contributed by atoms with Crippen LogP contribution in [0.5, 0.6) is 5.75 Å². The van der Waals surface area contributed by atoms with E-state index in [1.165, 1.54) is 7.11 Å². The Hall–Kier alpha value is -1.11. The van der Waals surface area contributed by atoms with Crippen molar-refractivity contribution in [3.8, 4) is 5.75 Å². The lowest BCUT2D eigenvalue weighted by molar-refractivity contribution is 0.401. The number of hydrogen-bond acceptors (Lipinski definition) is 4. The first-order valence-electron chi connectivity index (χ1n) is 7.32. The molecule has 118 valence electrons. The monoisotopic (exact) mass is 312 g/mol. The average molecular weight is 312 g/mol. The van der Waals surface area contributed by atoms with Gasteiger partial charge in [-0.2, -0.15) is 0 Å². The van der Waals surface area contributed by atoms with Gasteiger partial charge in [-0.15, -0.1) is 0 Å². The van der Waals surface area contributed by atoms with Crippen LogP contribution in [0, 0.1) is 0 Å². The van der Waals surface area contributed by atoms with Gasteiger partial charge < -0.3 is 10.1 Å². The molecule has 1 fully saturated rings. The zero-order chi connectivity index (χ0) is 15.5. The second kappa shape index (κ2) is 6.34. The van der Waals surface area contributed by atoms with Crippen molar-refractivity contribution in [3.05, 3.63) is 23.8 Å². The maximum Gasteiger partial charge on any atom is 0.244 e. The second-order valence-electron chi connectivity index (χ2n) is 5.83. The third-order valence-electron chi connectivity index (χ3n) is 3.65. The maximum atomic E-state index is 12.5. The summed E-state index contributed by atoms with van der Waals surface area (Å²) in [4.78, 5) is 0.217. The standard InChI is InChI=1S/C15H24N2O3S/c1-4-9-16-11-12-5-6-13(20-3)14(10-12)21(18,19)17-15(2)7-8-15/h5-6,10,16-17H,4,7-9,11H2,1-3H3. The molecule has 0 radical (unpaired) electrons. The van der Waals surface area contributed by atoms with Gasteiger partial charge in [-0.1, -0.05) is 13.0 Å². The van der Waals surface area contributed by atoms with E-state index in [4.69, 9.17) is 4.74 Å². The molecule has 1 saturated carbocycles. The molecule has 2 N–H and O–H groups in total. The summed E-state index contributed by atoms with van der Waals surface area (Å²) in [6, 6.07) is 5.29. The fourth-order valence-electron chi connectivity index (χ4n) is 2.12. The largest absolute Gasteiger partial charge is 0.495 e. The number of rotatable bonds is 8. The van der Waals surface area contributed by atoms with E-state index in [2.05, 4.69) is 17.0 Å². The van der Waals surface area contributed by atoms with Crippen LogP contribution in [-0.4, -0.2) is 27.6 Å². The summed E-state index contributed by atoms with van der Waals surface area (Å²) in [5.41, 5.74) is 0.644. The molecule has 1 aliphatic rings. The number of hydrogen-bond donors (Lipinski definition) is 2. The van der Waals surface area contributed by atoms with Gasteiger partial charge in [0.05, 0.1) is 7.11 Å². The SMILES string of the molecule is CCCNCc1ccc(OC)c(S(=O)(=O)NC2(C)CC2)c1. The van der Waals surface area contributed by atoms with E-state index in [1.54, 1.807) is 12.1 Å². The average Bonchev–Trinajstić information content (AvgIpc) is 3.15. The van der Waals surface area contributed by atoms with Crippen molar-refractivity contribution in [3.63, 3.8) is 0 Å². The van der Waals surface area contributed by atoms with Crippen molar-refractivity contribution in [2.45, 2.75) is 50.1 Å². The molecule has 0 aliphatic heterocycles. The predicted molar refractivity (Wildman–Crippen MR) is 83.0 cm³/mol. The molecular weight excluding hydrogens is 288 g/mol. The van der Waals surface area contributed by atoms with Gasteiger partial charge in [-0.25, -0.2) is 13.1 Å². The Kier molecular flexibility index (Phi) is 4.91. The Labute approximate surface area is 127 Å². The topological polar surface area (TPSA) is 67.4 Å². The molecule has 0 heterocycles. The summed E-state index contributed by atoms with van der Waals surface area (Å²) in [5, 5.41) is 3.27. The number of benzene rings is 1. The number of sulfonamides is 1. The summed E-state index contributed by atoms with van der Waals surface area (Å²) in [6.07, 6.45) is 2.81. The molecule has 0 atom stereocenters. The third-order valence-corrected chi connectivity index (χ3v) is 5.31. The minimum atomic E-state index is -3.55. The number of methoxy groups -OCH3 is 1. The summed E-state index contributed by atoms with van der Waals surface area (Å²) in [5.74, 6) is 0.381. The van der Waals surface area contributed by atoms with Gasteiger partial charge in [0.2, 0.25) is 10.0 Å². The maximum absolute atomic E-state index is 12.5. The van der Waals surface area contributed by atoms with E-state index in [0.29, 0.717) is 12.3 Å². The molecule has 6 heteroatoms. The van der Waals surface area contributed by atoms with Crippen LogP contribution < -0.4 is 14.8 Å². The minimum absolute atomic E-state index is 0.217. The molecule has 0 amide bonds. The second-order valence-corrected chi connectivity index (χ2v) is 7.48. The fraction of sp³-hybridized carbons (Fsp3) is 0.600. The molecule has 0 aromatic heterocycles. The molecule has 0 bridgehead atoms. The Morgan fingerprint density at radius 1 is 1.33 bits per heavy atom. The lowest BCUT2D eigenvalue weighted by Crippen LogP contribution is -2.34. The first-order valence-corrected chi connectivity index (χ1v) is 8.80. The van der Waals surface area contributed by atoms with E-state index < -0.39 is 10.0 Å². The fourth-order valence-corrected chi connectivity index (χ4v) is 3.81. The molecule has 1 aliphatic carbocycles. The van der Waals surface area contributed by atoms with Gasteiger partial charge in [-0.3, -0.25) is 0 Å². The summed E-state index contributed by atoms with van der Waals surface area (Å²) >= 11 is 0. The van der Waals surface area contributed by atoms with Crippen LogP contribution in [0.25, 0.3) is 0 Å². The smallest absolute Gasteiger partial charge is 0.244 e. The molecular formula is C15H24N2O3S. The van der Waals surface area contributed by atoms with Crippen molar-refractivity contribution in [1.82, 2.24) is 10.0 Å². The first-order chi connectivity index (χ1) is 9.90. The van der Waals surface area contributed by atoms with Crippen LogP contribution in [0.3, 0.4) is 0 Å².